The predicted molar refractivity (Wildman–Crippen MR) is 80.2 cm³/mol. The molecule has 0 bridgehead atoms. The number of nitrogens with one attached hydrogen (secondary N) is 1. The number of rotatable bonds is 1. The largest absolute Gasteiger partial charge is 0.289 e. The summed E-state index contributed by atoms with van der Waals surface area (Å²) in [5.74, 6) is 0.000548. The van der Waals surface area contributed by atoms with Gasteiger partial charge in [0, 0.05) is 5.56 Å². The SMILES string of the molecule is O=c1[nH]c2nc3c(nn2/c1=C\c1ccccc1F)CCCC=3. The lowest BCUT2D eigenvalue weighted by Gasteiger charge is -2.06. The van der Waals surface area contributed by atoms with Crippen LogP contribution in [0.15, 0.2) is 29.1 Å². The number of benzene rings is 1. The molecule has 0 saturated heterocycles. The summed E-state index contributed by atoms with van der Waals surface area (Å²) in [4.78, 5) is 19.3. The molecule has 5 nitrogen and oxygen atoms in total. The van der Waals surface area contributed by atoms with E-state index in [-0.39, 0.29) is 16.7 Å². The average molecular weight is 296 g/mol. The molecule has 1 aliphatic rings. The summed E-state index contributed by atoms with van der Waals surface area (Å²) in [6, 6.07) is 6.31. The molecule has 2 heterocycles. The van der Waals surface area contributed by atoms with Crippen molar-refractivity contribution in [1.29, 1.82) is 0 Å². The minimum Gasteiger partial charge on any atom is -0.289 e. The molecule has 0 aliphatic heterocycles. The number of hydrogen-bond donors (Lipinski definition) is 1. The molecule has 3 aromatic rings. The molecule has 0 fully saturated rings. The number of aromatic nitrogens is 4. The van der Waals surface area contributed by atoms with Crippen LogP contribution in [0.5, 0.6) is 0 Å². The van der Waals surface area contributed by atoms with Gasteiger partial charge >= 0.3 is 0 Å². The van der Waals surface area contributed by atoms with Crippen LogP contribution in [-0.4, -0.2) is 19.6 Å². The van der Waals surface area contributed by atoms with Crippen LogP contribution >= 0.6 is 0 Å². The van der Waals surface area contributed by atoms with Gasteiger partial charge in [0.15, 0.2) is 0 Å². The molecule has 0 unspecified atom stereocenters. The summed E-state index contributed by atoms with van der Waals surface area (Å²) < 4.78 is 15.3. The van der Waals surface area contributed by atoms with Gasteiger partial charge in [-0.15, -0.1) is 0 Å². The van der Waals surface area contributed by atoms with Crippen molar-refractivity contribution in [3.8, 4) is 0 Å². The fourth-order valence-corrected chi connectivity index (χ4v) is 2.67. The molecule has 0 amide bonds. The van der Waals surface area contributed by atoms with Gasteiger partial charge in [-0.25, -0.2) is 9.37 Å². The lowest BCUT2D eigenvalue weighted by atomic mass is 10.1. The van der Waals surface area contributed by atoms with E-state index in [1.54, 1.807) is 18.2 Å². The van der Waals surface area contributed by atoms with Gasteiger partial charge in [0.05, 0.1) is 11.0 Å². The third-order valence-electron chi connectivity index (χ3n) is 3.78. The number of fused-ring (bicyclic) bond motifs is 2. The third kappa shape index (κ3) is 2.04. The van der Waals surface area contributed by atoms with Crippen LogP contribution in [0.1, 0.15) is 24.1 Å². The maximum atomic E-state index is 13.8. The zero-order valence-electron chi connectivity index (χ0n) is 11.7. The first-order valence-electron chi connectivity index (χ1n) is 7.17. The molecule has 4 rings (SSSR count). The minimum absolute atomic E-state index is 0.279. The number of imidazole rings is 1. The van der Waals surface area contributed by atoms with E-state index < -0.39 is 0 Å². The van der Waals surface area contributed by atoms with Crippen LogP contribution in [-0.2, 0) is 6.42 Å². The van der Waals surface area contributed by atoms with E-state index in [1.807, 2.05) is 6.08 Å². The highest BCUT2D eigenvalue weighted by Crippen LogP contribution is 2.06. The summed E-state index contributed by atoms with van der Waals surface area (Å²) in [6.07, 6.45) is 6.35. The van der Waals surface area contributed by atoms with Crippen molar-refractivity contribution < 1.29 is 4.39 Å². The molecule has 0 atom stereocenters. The molecule has 22 heavy (non-hydrogen) atoms. The van der Waals surface area contributed by atoms with E-state index in [0.29, 0.717) is 11.3 Å². The molecule has 2 aromatic heterocycles. The van der Waals surface area contributed by atoms with Gasteiger partial charge in [0.2, 0.25) is 5.78 Å². The Kier molecular flexibility index (Phi) is 2.89. The fraction of sp³-hybridized carbons (Fsp3) is 0.188. The normalized spacial score (nSPS) is 14.9. The molecular weight excluding hydrogens is 283 g/mol. The molecule has 110 valence electrons. The second-order valence-electron chi connectivity index (χ2n) is 5.28. The zero-order chi connectivity index (χ0) is 15.1. The van der Waals surface area contributed by atoms with Gasteiger partial charge < -0.3 is 0 Å². The predicted octanol–water partition coefficient (Wildman–Crippen LogP) is 0.502. The van der Waals surface area contributed by atoms with Gasteiger partial charge in [-0.1, -0.05) is 24.3 Å². The summed E-state index contributed by atoms with van der Waals surface area (Å²) in [7, 11) is 0. The number of H-pyrrole nitrogens is 1. The van der Waals surface area contributed by atoms with Crippen molar-refractivity contribution >= 4 is 17.9 Å². The first-order chi connectivity index (χ1) is 10.7. The second kappa shape index (κ2) is 4.91. The Hall–Kier alpha value is -2.76. The average Bonchev–Trinajstić information content (AvgIpc) is 2.82. The number of aromatic amines is 1. The number of hydrogen-bond acceptors (Lipinski definition) is 3. The molecule has 0 saturated carbocycles. The lowest BCUT2D eigenvalue weighted by molar-refractivity contribution is 0.625. The molecular formula is C16H13FN4O. The molecule has 6 heteroatoms. The number of aryl methyl sites for hydroxylation is 1. The van der Waals surface area contributed by atoms with Crippen LogP contribution in [0.2, 0.25) is 0 Å². The summed E-state index contributed by atoms with van der Waals surface area (Å²) in [6.45, 7) is 0. The van der Waals surface area contributed by atoms with Gasteiger partial charge in [-0.2, -0.15) is 9.61 Å². The van der Waals surface area contributed by atoms with Crippen LogP contribution in [0, 0.1) is 5.82 Å². The van der Waals surface area contributed by atoms with Crippen molar-refractivity contribution in [2.24, 2.45) is 0 Å². The highest BCUT2D eigenvalue weighted by molar-refractivity contribution is 5.50. The Morgan fingerprint density at radius 3 is 3.05 bits per heavy atom. The Bertz CT molecular complexity index is 1050. The van der Waals surface area contributed by atoms with E-state index in [0.717, 1.165) is 30.3 Å². The van der Waals surface area contributed by atoms with Crippen molar-refractivity contribution in [1.82, 2.24) is 19.6 Å². The van der Waals surface area contributed by atoms with Crippen molar-refractivity contribution in [2.45, 2.75) is 19.3 Å². The van der Waals surface area contributed by atoms with Crippen molar-refractivity contribution in [3.05, 3.63) is 62.4 Å². The highest BCUT2D eigenvalue weighted by atomic mass is 19.1. The highest BCUT2D eigenvalue weighted by Gasteiger charge is 2.10. The van der Waals surface area contributed by atoms with Crippen LogP contribution in [0.3, 0.4) is 0 Å². The maximum Gasteiger partial charge on any atom is 0.276 e. The smallest absolute Gasteiger partial charge is 0.276 e. The molecule has 0 spiro atoms. The van der Waals surface area contributed by atoms with E-state index >= 15 is 0 Å². The Morgan fingerprint density at radius 1 is 1.32 bits per heavy atom. The first kappa shape index (κ1) is 12.9. The Morgan fingerprint density at radius 2 is 2.18 bits per heavy atom. The van der Waals surface area contributed by atoms with E-state index in [9.17, 15) is 9.18 Å². The van der Waals surface area contributed by atoms with Gasteiger partial charge in [-0.3, -0.25) is 9.78 Å². The Labute approximate surface area is 124 Å². The van der Waals surface area contributed by atoms with Gasteiger partial charge in [0.25, 0.3) is 5.56 Å². The monoisotopic (exact) mass is 296 g/mol. The van der Waals surface area contributed by atoms with Crippen LogP contribution < -0.4 is 16.3 Å². The van der Waals surface area contributed by atoms with E-state index in [4.69, 9.17) is 0 Å². The zero-order valence-corrected chi connectivity index (χ0v) is 11.7. The fourth-order valence-electron chi connectivity index (χ4n) is 2.67. The summed E-state index contributed by atoms with van der Waals surface area (Å²) in [5.41, 5.74) is 0.885. The topological polar surface area (TPSA) is 63.0 Å². The molecule has 1 aromatic carbocycles. The Balaban J connectivity index is 2.05. The van der Waals surface area contributed by atoms with Crippen molar-refractivity contribution in [2.75, 3.05) is 0 Å². The van der Waals surface area contributed by atoms with E-state index in [2.05, 4.69) is 15.1 Å². The number of nitrogens with zero attached hydrogens (tertiary/aromatic N) is 3. The lowest BCUT2D eigenvalue weighted by Crippen LogP contribution is -2.30. The van der Waals surface area contributed by atoms with Gasteiger partial charge in [0.1, 0.15) is 11.2 Å². The summed E-state index contributed by atoms with van der Waals surface area (Å²) >= 11 is 0. The van der Waals surface area contributed by atoms with Crippen LogP contribution in [0.25, 0.3) is 17.9 Å². The molecule has 1 aliphatic carbocycles. The maximum absolute atomic E-state index is 13.8. The van der Waals surface area contributed by atoms with E-state index in [1.165, 1.54) is 16.7 Å². The number of halogens is 1. The standard InChI is InChI=1S/C16H13FN4O/c17-11-6-2-1-5-10(11)9-14-15(22)19-16-18-12-7-3-4-8-13(12)20-21(14)16/h1-2,5-7,9H,3-4,8H2,(H,18,19,22)/b14-9-. The molecule has 0 radical (unpaired) electrons. The first-order valence-corrected chi connectivity index (χ1v) is 7.17. The summed E-state index contributed by atoms with van der Waals surface area (Å²) in [5, 5.41) is 5.60. The second-order valence-corrected chi connectivity index (χ2v) is 5.28. The van der Waals surface area contributed by atoms with Gasteiger partial charge in [-0.05, 0) is 31.4 Å². The molecule has 1 N–H and O–H groups in total. The van der Waals surface area contributed by atoms with Crippen LogP contribution in [0.4, 0.5) is 4.39 Å². The quantitative estimate of drug-likeness (QED) is 0.711. The minimum atomic E-state index is -0.379. The van der Waals surface area contributed by atoms with Crippen molar-refractivity contribution in [3.63, 3.8) is 0 Å². The third-order valence-corrected chi connectivity index (χ3v) is 3.78.